The summed E-state index contributed by atoms with van der Waals surface area (Å²) in [5.74, 6) is 2.03. The number of carbonyl (C=O) groups is 6. The summed E-state index contributed by atoms with van der Waals surface area (Å²) >= 11 is 3.63. The van der Waals surface area contributed by atoms with Crippen LogP contribution in [0.4, 0.5) is 4.39 Å². The van der Waals surface area contributed by atoms with Crippen molar-refractivity contribution in [2.24, 2.45) is 85.8 Å². The molecule has 0 aliphatic heterocycles. The van der Waals surface area contributed by atoms with Gasteiger partial charge in [0.2, 0.25) is 10.3 Å². The number of aromatic amines is 1. The highest BCUT2D eigenvalue weighted by molar-refractivity contribution is 8.00. The first-order valence-corrected chi connectivity index (χ1v) is 45.4. The van der Waals surface area contributed by atoms with E-state index in [1.165, 1.54) is 64.1 Å². The van der Waals surface area contributed by atoms with E-state index in [9.17, 15) is 63.8 Å². The van der Waals surface area contributed by atoms with Crippen LogP contribution in [0.2, 0.25) is 0 Å². The summed E-state index contributed by atoms with van der Waals surface area (Å²) in [6.07, 6.45) is 17.3. The van der Waals surface area contributed by atoms with Crippen LogP contribution in [-0.2, 0) is 28.8 Å². The molecule has 118 heavy (non-hydrogen) atoms. The Kier molecular flexibility index (Phi) is 21.9. The van der Waals surface area contributed by atoms with Crippen molar-refractivity contribution >= 4 is 70.0 Å². The standard InChI is InChI=1S/C36H39NO5S.C29H34FN3O4S.C28H34N4O4S/c1-34-17-15-25(38)19-24(34)13-14-26-27-16-18-36(41,35(27,2)20-28(39)30(26)34)29(40)21-43-33-37-31(22-9-5-3-6-10-22)32(42-33)23-11-7-4-8-12-23;1-27-11-9-19(34)13-17(27)5-8-20-21-10-12-29(37,28(21,2)14-22(35)24(20)27)23(36)15-38-26-31-25(32-33-26)16-3-6-18(30)7-4-16;1-26-12-10-19(33)14-17(26)8-9-20-21-11-13-28(36,27(21,2)15-22(34)24(20)26)23(35)16-37-25-29-30-31-32(25)18-6-4-3-5-7-18/h3-12,19,26-28,30,39,41H,13-18,20-21H2,1-2H3;3-4,6-7,13,20-22,24,35,37H,5,8-12,14-15H2,1-2H3,(H,31,32,33);3-7,14,20-22,24,34,36H,8-13,15-16H2,1-2H3/t26?,27?,28-,30?,34?,35?,36-;20?,21?,22-,24?,27?,28?,29-;20?,21?,22-,24?,26?,27?,28-/m000/s1. The summed E-state index contributed by atoms with van der Waals surface area (Å²) in [5, 5.41) is 91.1. The number of aliphatic hydroxyl groups excluding tert-OH is 3. The van der Waals surface area contributed by atoms with Crippen molar-refractivity contribution in [1.29, 1.82) is 0 Å². The van der Waals surface area contributed by atoms with Gasteiger partial charge in [-0.1, -0.05) is 172 Å². The molecule has 12 aliphatic rings. The van der Waals surface area contributed by atoms with Crippen molar-refractivity contribution in [2.75, 3.05) is 17.3 Å². The average molecular weight is 1660 g/mol. The lowest BCUT2D eigenvalue weighted by Crippen LogP contribution is -2.61. The quantitative estimate of drug-likeness (QED) is 0.0442. The summed E-state index contributed by atoms with van der Waals surface area (Å²) in [6, 6.07) is 35.1. The zero-order chi connectivity index (χ0) is 82.9. The molecule has 9 saturated carbocycles. The number of allylic oxidation sites excluding steroid dienone is 3. The number of nitrogens with one attached hydrogen (secondary N) is 1. The Hall–Kier alpha value is -7.72. The van der Waals surface area contributed by atoms with Crippen LogP contribution in [0.25, 0.3) is 39.7 Å². The van der Waals surface area contributed by atoms with Crippen LogP contribution in [0.15, 0.2) is 170 Å². The predicted octanol–water partition coefficient (Wildman–Crippen LogP) is 15.0. The molecule has 0 saturated heterocycles. The second-order valence-corrected chi connectivity index (χ2v) is 40.4. The third-order valence-corrected chi connectivity index (χ3v) is 34.8. The van der Waals surface area contributed by atoms with Gasteiger partial charge in [0, 0.05) is 52.2 Å². The van der Waals surface area contributed by atoms with Gasteiger partial charge < -0.3 is 35.1 Å². The van der Waals surface area contributed by atoms with E-state index in [-0.39, 0.29) is 127 Å². The second-order valence-electron chi connectivity index (χ2n) is 37.6. The van der Waals surface area contributed by atoms with Crippen molar-refractivity contribution in [3.05, 3.63) is 156 Å². The normalized spacial score (nSPS) is 37.3. The molecule has 21 nitrogen and oxygen atoms in total. The predicted molar refractivity (Wildman–Crippen MR) is 445 cm³/mol. The van der Waals surface area contributed by atoms with E-state index in [4.69, 9.17) is 9.40 Å². The molecule has 0 amide bonds. The number of aromatic nitrogens is 8. The maximum Gasteiger partial charge on any atom is 0.257 e. The van der Waals surface area contributed by atoms with E-state index in [1.54, 1.807) is 16.8 Å². The average Bonchev–Trinajstić information content (AvgIpc) is 1.45. The Balaban J connectivity index is 0.000000127. The van der Waals surface area contributed by atoms with E-state index in [0.29, 0.717) is 90.5 Å². The molecule has 21 atom stereocenters. The fourth-order valence-corrected chi connectivity index (χ4v) is 28.6. The SMILES string of the molecule is CC12CCC(=O)C=C1CCC1C2[C@@H](O)CC2(C)C1CC[C@]2(O)C(=O)CSc1n[nH]c(-c2ccc(F)cc2)n1.CC12CCC(=O)C=C1CCC1C2[C@@H](O)CC2(C)C1CC[C@]2(O)C(=O)CSc1nc(-c2ccccc2)c(-c2ccccc2)o1.CC12CCC(=O)C=C1CCC1C2[C@@H](O)CC2(C)C1CC[C@]2(O)C(=O)CSc1nnnn1-c1ccccc1. The number of para-hydroxylation sites is 1. The smallest absolute Gasteiger partial charge is 0.257 e. The first-order chi connectivity index (χ1) is 56.4. The number of rotatable bonds is 16. The van der Waals surface area contributed by atoms with E-state index < -0.39 is 51.4 Å². The van der Waals surface area contributed by atoms with E-state index in [1.807, 2.05) is 130 Å². The third kappa shape index (κ3) is 13.7. The van der Waals surface area contributed by atoms with Gasteiger partial charge in [0.1, 0.15) is 28.3 Å². The number of ketones is 6. The van der Waals surface area contributed by atoms with Crippen molar-refractivity contribution in [2.45, 2.75) is 227 Å². The van der Waals surface area contributed by atoms with Gasteiger partial charge >= 0.3 is 0 Å². The van der Waals surface area contributed by atoms with Gasteiger partial charge in [-0.15, -0.1) is 10.2 Å². The molecular formula is C93H107FN8O13S3. The molecule has 0 spiro atoms. The molecule has 15 unspecified atom stereocenters. The van der Waals surface area contributed by atoms with Gasteiger partial charge in [-0.25, -0.2) is 14.4 Å². The van der Waals surface area contributed by atoms with E-state index >= 15 is 0 Å². The Morgan fingerprint density at radius 2 is 0.898 bits per heavy atom. The number of halogens is 1. The number of Topliss-reactive ketones (excluding diaryl/α,β-unsaturated/α-hetero) is 3. The minimum absolute atomic E-state index is 0.0242. The Labute approximate surface area is 700 Å². The van der Waals surface area contributed by atoms with Crippen LogP contribution < -0.4 is 0 Å². The number of oxazole rings is 1. The zero-order valence-electron chi connectivity index (χ0n) is 67.9. The van der Waals surface area contributed by atoms with Gasteiger partial charge in [-0.05, 0) is 250 Å². The van der Waals surface area contributed by atoms with Crippen molar-refractivity contribution in [3.63, 3.8) is 0 Å². The van der Waals surface area contributed by atoms with Gasteiger partial charge in [0.05, 0.1) is 41.3 Å². The second kappa shape index (κ2) is 31.3. The van der Waals surface area contributed by atoms with Gasteiger partial charge in [-0.2, -0.15) is 4.68 Å². The number of benzene rings is 4. The maximum atomic E-state index is 14.0. The summed E-state index contributed by atoms with van der Waals surface area (Å²) < 4.78 is 21.1. The van der Waals surface area contributed by atoms with Gasteiger partial charge in [0.25, 0.3) is 5.22 Å². The maximum absolute atomic E-state index is 14.0. The topological polar surface area (TPSA) is 335 Å². The minimum Gasteiger partial charge on any atom is -0.431 e. The van der Waals surface area contributed by atoms with Crippen molar-refractivity contribution in [1.82, 2.24) is 40.4 Å². The Morgan fingerprint density at radius 3 is 1.34 bits per heavy atom. The lowest BCUT2D eigenvalue weighted by molar-refractivity contribution is -0.179. The molecular weight excluding hydrogens is 1550 g/mol. The molecule has 19 rings (SSSR count). The lowest BCUT2D eigenvalue weighted by atomic mass is 9.45. The minimum atomic E-state index is -1.52. The summed E-state index contributed by atoms with van der Waals surface area (Å²) in [4.78, 5) is 86.9. The van der Waals surface area contributed by atoms with Crippen LogP contribution >= 0.6 is 35.3 Å². The Bertz CT molecular complexity index is 5100. The fraction of sp³-hybridized carbons (Fsp3) is 0.548. The zero-order valence-corrected chi connectivity index (χ0v) is 70.3. The highest BCUT2D eigenvalue weighted by atomic mass is 32.2. The largest absolute Gasteiger partial charge is 0.431 e. The first kappa shape index (κ1) is 82.6. The first-order valence-electron chi connectivity index (χ1n) is 42.4. The number of hydrogen-bond acceptors (Lipinski definition) is 22. The third-order valence-electron chi connectivity index (χ3n) is 32.2. The molecule has 4 aromatic carbocycles. The number of hydrogen-bond donors (Lipinski definition) is 7. The van der Waals surface area contributed by atoms with Crippen LogP contribution in [0.1, 0.15) is 176 Å². The Morgan fingerprint density at radius 1 is 0.492 bits per heavy atom. The molecule has 25 heteroatoms. The number of aliphatic hydroxyl groups is 6. The molecule has 0 radical (unpaired) electrons. The number of H-pyrrole nitrogens is 1. The van der Waals surface area contributed by atoms with Gasteiger partial charge in [-0.3, -0.25) is 33.9 Å². The summed E-state index contributed by atoms with van der Waals surface area (Å²) in [6.45, 7) is 12.7. The van der Waals surface area contributed by atoms with Crippen LogP contribution in [0.3, 0.4) is 0 Å². The molecule has 3 aromatic heterocycles. The number of tetrazole rings is 1. The van der Waals surface area contributed by atoms with Crippen LogP contribution in [0, 0.1) is 91.6 Å². The number of carbonyl (C=O) groups excluding carboxylic acids is 6. The summed E-state index contributed by atoms with van der Waals surface area (Å²) in [5.41, 5.74) is 0.336. The lowest BCUT2D eigenvalue weighted by Gasteiger charge is -2.60. The summed E-state index contributed by atoms with van der Waals surface area (Å²) in [7, 11) is 0. The molecule has 622 valence electrons. The number of nitrogens with zero attached hydrogens (tertiary/aromatic N) is 7. The van der Waals surface area contributed by atoms with E-state index in [2.05, 4.69) is 51.5 Å². The van der Waals surface area contributed by atoms with Crippen LogP contribution in [-0.4, -0.2) is 158 Å². The highest BCUT2D eigenvalue weighted by Gasteiger charge is 2.72. The molecule has 7 N–H and O–H groups in total. The van der Waals surface area contributed by atoms with Crippen molar-refractivity contribution in [3.8, 4) is 39.7 Å². The fourth-order valence-electron chi connectivity index (χ4n) is 26.2. The molecule has 7 aromatic rings. The number of thioether (sulfide) groups is 3. The van der Waals surface area contributed by atoms with Crippen LogP contribution in [0.5, 0.6) is 0 Å². The van der Waals surface area contributed by atoms with Gasteiger partial charge in [0.15, 0.2) is 46.3 Å². The van der Waals surface area contributed by atoms with Crippen molar-refractivity contribution < 1.29 is 68.2 Å². The molecule has 9 fully saturated rings. The highest BCUT2D eigenvalue weighted by Crippen LogP contribution is 2.72. The van der Waals surface area contributed by atoms with E-state index in [0.717, 1.165) is 99.6 Å². The molecule has 12 aliphatic carbocycles. The number of fused-ring (bicyclic) bond motifs is 15. The monoisotopic (exact) mass is 1660 g/mol. The molecule has 3 heterocycles. The molecule has 0 bridgehead atoms.